The molecule has 1 atom stereocenters. The van der Waals surface area contributed by atoms with Crippen LogP contribution >= 0.6 is 0 Å². The summed E-state index contributed by atoms with van der Waals surface area (Å²) in [7, 11) is 3.14. The molecule has 0 saturated carbocycles. The van der Waals surface area contributed by atoms with Gasteiger partial charge in [0.05, 0.1) is 19.8 Å². The van der Waals surface area contributed by atoms with Crippen LogP contribution in [0.2, 0.25) is 0 Å². The van der Waals surface area contributed by atoms with E-state index in [0.717, 1.165) is 13.0 Å². The monoisotopic (exact) mass is 278 g/mol. The largest absolute Gasteiger partial charge is 0.497 e. The van der Waals surface area contributed by atoms with Gasteiger partial charge in [-0.05, 0) is 37.6 Å². The summed E-state index contributed by atoms with van der Waals surface area (Å²) >= 11 is 0. The predicted molar refractivity (Wildman–Crippen MR) is 77.5 cm³/mol. The Morgan fingerprint density at radius 3 is 2.85 bits per heavy atom. The van der Waals surface area contributed by atoms with Gasteiger partial charge in [0.15, 0.2) is 0 Å². The van der Waals surface area contributed by atoms with Gasteiger partial charge in [0.1, 0.15) is 11.5 Å². The molecule has 1 aliphatic heterocycles. The van der Waals surface area contributed by atoms with Crippen LogP contribution in [0.3, 0.4) is 0 Å². The first kappa shape index (κ1) is 14.7. The molecule has 2 N–H and O–H groups in total. The number of amides is 1. The number of piperidine rings is 1. The molecule has 0 aromatic heterocycles. The third-order valence-electron chi connectivity index (χ3n) is 3.57. The molecular weight excluding hydrogens is 256 g/mol. The first-order valence-corrected chi connectivity index (χ1v) is 6.98. The number of carbonyl (C=O) groups excluding carboxylic acids is 1. The van der Waals surface area contributed by atoms with Crippen molar-refractivity contribution in [2.45, 2.75) is 25.3 Å². The SMILES string of the molecule is COc1ccc(OC)c(C(=O)NCC2CCCCN2)c1. The molecule has 5 heteroatoms. The number of ether oxygens (including phenoxy) is 2. The maximum atomic E-state index is 12.3. The fraction of sp³-hybridized carbons (Fsp3) is 0.533. The highest BCUT2D eigenvalue weighted by molar-refractivity contribution is 5.97. The van der Waals surface area contributed by atoms with Crippen molar-refractivity contribution in [3.63, 3.8) is 0 Å². The van der Waals surface area contributed by atoms with Crippen LogP contribution in [0.4, 0.5) is 0 Å². The summed E-state index contributed by atoms with van der Waals surface area (Å²) in [5.74, 6) is 1.07. The van der Waals surface area contributed by atoms with Gasteiger partial charge in [0.2, 0.25) is 0 Å². The second-order valence-corrected chi connectivity index (χ2v) is 4.92. The maximum Gasteiger partial charge on any atom is 0.255 e. The van der Waals surface area contributed by atoms with E-state index in [1.54, 1.807) is 32.4 Å². The van der Waals surface area contributed by atoms with E-state index in [1.165, 1.54) is 12.8 Å². The number of hydrogen-bond acceptors (Lipinski definition) is 4. The van der Waals surface area contributed by atoms with Crippen LogP contribution in [0.5, 0.6) is 11.5 Å². The van der Waals surface area contributed by atoms with Crippen LogP contribution in [0.1, 0.15) is 29.6 Å². The molecule has 1 amide bonds. The first-order valence-electron chi connectivity index (χ1n) is 6.98. The Morgan fingerprint density at radius 1 is 1.35 bits per heavy atom. The van der Waals surface area contributed by atoms with Crippen molar-refractivity contribution in [2.75, 3.05) is 27.3 Å². The Hall–Kier alpha value is -1.75. The third kappa shape index (κ3) is 3.63. The molecular formula is C15H22N2O3. The lowest BCUT2D eigenvalue weighted by Gasteiger charge is -2.23. The highest BCUT2D eigenvalue weighted by Crippen LogP contribution is 2.23. The lowest BCUT2D eigenvalue weighted by molar-refractivity contribution is 0.0944. The zero-order valence-corrected chi connectivity index (χ0v) is 12.1. The van der Waals surface area contributed by atoms with Gasteiger partial charge in [-0.1, -0.05) is 6.42 Å². The third-order valence-corrected chi connectivity index (χ3v) is 3.57. The van der Waals surface area contributed by atoms with Gasteiger partial charge in [-0.25, -0.2) is 0 Å². The number of rotatable bonds is 5. The molecule has 0 radical (unpaired) electrons. The molecule has 1 aromatic carbocycles. The van der Waals surface area contributed by atoms with E-state index in [2.05, 4.69) is 10.6 Å². The molecule has 1 aliphatic rings. The van der Waals surface area contributed by atoms with Crippen molar-refractivity contribution < 1.29 is 14.3 Å². The van der Waals surface area contributed by atoms with Gasteiger partial charge in [0.25, 0.3) is 5.91 Å². The van der Waals surface area contributed by atoms with Crippen LogP contribution in [-0.4, -0.2) is 39.3 Å². The normalized spacial score (nSPS) is 18.4. The van der Waals surface area contributed by atoms with E-state index < -0.39 is 0 Å². The minimum Gasteiger partial charge on any atom is -0.497 e. The standard InChI is InChI=1S/C15H22N2O3/c1-19-12-6-7-14(20-2)13(9-12)15(18)17-10-11-5-3-4-8-16-11/h6-7,9,11,16H,3-5,8,10H2,1-2H3,(H,17,18). The quantitative estimate of drug-likeness (QED) is 0.858. The second kappa shape index (κ2) is 7.14. The summed E-state index contributed by atoms with van der Waals surface area (Å²) in [5.41, 5.74) is 0.502. The number of methoxy groups -OCH3 is 2. The topological polar surface area (TPSA) is 59.6 Å². The van der Waals surface area contributed by atoms with Crippen molar-refractivity contribution in [1.29, 1.82) is 0 Å². The molecule has 1 aromatic rings. The van der Waals surface area contributed by atoms with Gasteiger partial charge in [-0.2, -0.15) is 0 Å². The summed E-state index contributed by atoms with van der Waals surface area (Å²) < 4.78 is 10.4. The van der Waals surface area contributed by atoms with Crippen molar-refractivity contribution in [3.8, 4) is 11.5 Å². The number of carbonyl (C=O) groups is 1. The molecule has 20 heavy (non-hydrogen) atoms. The summed E-state index contributed by atoms with van der Waals surface area (Å²) in [6, 6.07) is 5.58. The summed E-state index contributed by atoms with van der Waals surface area (Å²) in [6.45, 7) is 1.67. The average molecular weight is 278 g/mol. The fourth-order valence-electron chi connectivity index (χ4n) is 2.40. The summed E-state index contributed by atoms with van der Waals surface area (Å²) in [4.78, 5) is 12.3. The van der Waals surface area contributed by atoms with E-state index in [1.807, 2.05) is 0 Å². The number of nitrogens with one attached hydrogen (secondary N) is 2. The average Bonchev–Trinajstić information content (AvgIpc) is 2.52. The zero-order chi connectivity index (χ0) is 14.4. The first-order chi connectivity index (χ1) is 9.74. The van der Waals surface area contributed by atoms with E-state index in [0.29, 0.717) is 29.6 Å². The van der Waals surface area contributed by atoms with Crippen LogP contribution in [0.15, 0.2) is 18.2 Å². The molecule has 2 rings (SSSR count). The zero-order valence-electron chi connectivity index (χ0n) is 12.1. The number of hydrogen-bond donors (Lipinski definition) is 2. The van der Waals surface area contributed by atoms with Crippen LogP contribution in [-0.2, 0) is 0 Å². The summed E-state index contributed by atoms with van der Waals surface area (Å²) in [5, 5.41) is 6.36. The molecule has 5 nitrogen and oxygen atoms in total. The van der Waals surface area contributed by atoms with Gasteiger partial charge < -0.3 is 20.1 Å². The Balaban J connectivity index is 2.00. The maximum absolute atomic E-state index is 12.3. The highest BCUT2D eigenvalue weighted by atomic mass is 16.5. The van der Waals surface area contributed by atoms with Crippen LogP contribution in [0.25, 0.3) is 0 Å². The lowest BCUT2D eigenvalue weighted by atomic mass is 10.0. The second-order valence-electron chi connectivity index (χ2n) is 4.92. The Kier molecular flexibility index (Phi) is 5.24. The molecule has 0 bridgehead atoms. The summed E-state index contributed by atoms with van der Waals surface area (Å²) in [6.07, 6.45) is 3.54. The smallest absolute Gasteiger partial charge is 0.255 e. The van der Waals surface area contributed by atoms with E-state index >= 15 is 0 Å². The molecule has 0 aliphatic carbocycles. The Morgan fingerprint density at radius 2 is 2.20 bits per heavy atom. The van der Waals surface area contributed by atoms with E-state index in [-0.39, 0.29) is 5.91 Å². The van der Waals surface area contributed by atoms with E-state index in [9.17, 15) is 4.79 Å². The Bertz CT molecular complexity index is 456. The molecule has 1 saturated heterocycles. The molecule has 110 valence electrons. The van der Waals surface area contributed by atoms with Crippen molar-refractivity contribution in [2.24, 2.45) is 0 Å². The molecule has 1 unspecified atom stereocenters. The van der Waals surface area contributed by atoms with Gasteiger partial charge in [-0.15, -0.1) is 0 Å². The van der Waals surface area contributed by atoms with Crippen LogP contribution in [0, 0.1) is 0 Å². The van der Waals surface area contributed by atoms with Gasteiger partial charge >= 0.3 is 0 Å². The minimum absolute atomic E-state index is 0.131. The minimum atomic E-state index is -0.131. The van der Waals surface area contributed by atoms with E-state index in [4.69, 9.17) is 9.47 Å². The molecule has 1 fully saturated rings. The highest BCUT2D eigenvalue weighted by Gasteiger charge is 2.17. The fourth-order valence-corrected chi connectivity index (χ4v) is 2.40. The lowest BCUT2D eigenvalue weighted by Crippen LogP contribution is -2.43. The number of benzene rings is 1. The van der Waals surface area contributed by atoms with Crippen molar-refractivity contribution in [3.05, 3.63) is 23.8 Å². The van der Waals surface area contributed by atoms with Gasteiger partial charge in [0, 0.05) is 12.6 Å². The predicted octanol–water partition coefficient (Wildman–Crippen LogP) is 1.58. The van der Waals surface area contributed by atoms with Crippen molar-refractivity contribution >= 4 is 5.91 Å². The molecule has 1 heterocycles. The van der Waals surface area contributed by atoms with Crippen molar-refractivity contribution in [1.82, 2.24) is 10.6 Å². The Labute approximate surface area is 119 Å². The molecule has 0 spiro atoms. The van der Waals surface area contributed by atoms with Crippen LogP contribution < -0.4 is 20.1 Å². The van der Waals surface area contributed by atoms with Gasteiger partial charge in [-0.3, -0.25) is 4.79 Å².